The van der Waals surface area contributed by atoms with E-state index in [1.54, 1.807) is 18.7 Å². The molecule has 0 amide bonds. The minimum Gasteiger partial charge on any atom is -0.507 e. The summed E-state index contributed by atoms with van der Waals surface area (Å²) in [6.07, 6.45) is 0. The minimum atomic E-state index is -0.910. The first-order valence-corrected chi connectivity index (χ1v) is 10.5. The Bertz CT molecular complexity index is 951. The topological polar surface area (TPSA) is 140 Å². The van der Waals surface area contributed by atoms with Gasteiger partial charge in [0, 0.05) is 23.4 Å². The van der Waals surface area contributed by atoms with Crippen LogP contribution in [0.15, 0.2) is 12.1 Å². The van der Waals surface area contributed by atoms with E-state index in [0.717, 1.165) is 11.1 Å². The van der Waals surface area contributed by atoms with Crippen molar-refractivity contribution in [2.75, 3.05) is 30.0 Å². The fourth-order valence-electron chi connectivity index (χ4n) is 3.45. The smallest absolute Gasteiger partial charge is 0.313 e. The van der Waals surface area contributed by atoms with Crippen molar-refractivity contribution < 1.29 is 14.6 Å². The maximum absolute atomic E-state index is 12.5. The number of phenolic OH excluding ortho intramolecular Hbond substituents is 1. The van der Waals surface area contributed by atoms with E-state index in [4.69, 9.17) is 16.2 Å². The van der Waals surface area contributed by atoms with Crippen molar-refractivity contribution >= 4 is 29.5 Å². The molecule has 0 saturated carbocycles. The fourth-order valence-corrected chi connectivity index (χ4v) is 3.45. The van der Waals surface area contributed by atoms with Crippen molar-refractivity contribution in [3.05, 3.63) is 23.3 Å². The van der Waals surface area contributed by atoms with Crippen LogP contribution in [-0.4, -0.2) is 39.7 Å². The van der Waals surface area contributed by atoms with Gasteiger partial charge in [0.1, 0.15) is 5.75 Å². The molecule has 0 atom stereocenters. The first-order valence-electron chi connectivity index (χ1n) is 10.5. The molecule has 1 heterocycles. The average Bonchev–Trinajstić information content (AvgIpc) is 2.63. The summed E-state index contributed by atoms with van der Waals surface area (Å²) >= 11 is 0. The van der Waals surface area contributed by atoms with E-state index in [1.807, 2.05) is 53.7 Å². The molecule has 2 aromatic rings. The fraction of sp³-hybridized carbons (Fsp3) is 0.565. The van der Waals surface area contributed by atoms with E-state index >= 15 is 0 Å². The van der Waals surface area contributed by atoms with E-state index < -0.39 is 5.41 Å². The molecule has 0 spiro atoms. The highest BCUT2D eigenvalue weighted by Gasteiger charge is 2.35. The highest BCUT2D eigenvalue weighted by molar-refractivity contribution is 5.78. The molecule has 0 bridgehead atoms. The van der Waals surface area contributed by atoms with Gasteiger partial charge in [-0.25, -0.2) is 0 Å². The van der Waals surface area contributed by atoms with E-state index in [-0.39, 0.29) is 46.9 Å². The van der Waals surface area contributed by atoms with Gasteiger partial charge in [-0.3, -0.25) is 4.79 Å². The summed E-state index contributed by atoms with van der Waals surface area (Å²) in [4.78, 5) is 26.6. The number of phenols is 1. The number of hydrogen-bond donors (Lipinski definition) is 3. The summed E-state index contributed by atoms with van der Waals surface area (Å²) in [6, 6.07) is 3.77. The Labute approximate surface area is 190 Å². The largest absolute Gasteiger partial charge is 0.507 e. The van der Waals surface area contributed by atoms with Crippen LogP contribution in [0.25, 0.3) is 0 Å². The van der Waals surface area contributed by atoms with Crippen molar-refractivity contribution in [1.82, 2.24) is 15.0 Å². The van der Waals surface area contributed by atoms with Gasteiger partial charge < -0.3 is 26.2 Å². The van der Waals surface area contributed by atoms with E-state index in [9.17, 15) is 9.90 Å². The lowest BCUT2D eigenvalue weighted by molar-refractivity contribution is -0.150. The number of rotatable bonds is 5. The molecular formula is C23H36N6O3. The van der Waals surface area contributed by atoms with Crippen LogP contribution in [-0.2, 0) is 20.4 Å². The molecule has 0 fully saturated rings. The average molecular weight is 445 g/mol. The van der Waals surface area contributed by atoms with Gasteiger partial charge >= 0.3 is 5.97 Å². The van der Waals surface area contributed by atoms with Crippen LogP contribution < -0.4 is 16.4 Å². The molecule has 2 rings (SSSR count). The quantitative estimate of drug-likeness (QED) is 0.589. The second kappa shape index (κ2) is 8.44. The van der Waals surface area contributed by atoms with Crippen LogP contribution in [0.5, 0.6) is 5.75 Å². The maximum atomic E-state index is 12.5. The van der Waals surface area contributed by atoms with Crippen molar-refractivity contribution in [1.29, 1.82) is 0 Å². The zero-order valence-corrected chi connectivity index (χ0v) is 20.6. The number of aromatic nitrogens is 3. The lowest BCUT2D eigenvalue weighted by atomic mass is 9.79. The van der Waals surface area contributed by atoms with Crippen molar-refractivity contribution in [3.63, 3.8) is 0 Å². The number of carbonyl (C=O) groups is 1. The Balaban J connectivity index is 2.85. The molecule has 0 saturated heterocycles. The number of nitrogens with zero attached hydrogens (tertiary/aromatic N) is 4. The number of nitrogens with two attached hydrogens (primary N) is 2. The third kappa shape index (κ3) is 5.38. The normalized spacial score (nSPS) is 12.5. The minimum absolute atomic E-state index is 0.0285. The maximum Gasteiger partial charge on any atom is 0.313 e. The Kier molecular flexibility index (Phi) is 6.64. The zero-order valence-electron chi connectivity index (χ0n) is 20.6. The summed E-state index contributed by atoms with van der Waals surface area (Å²) in [7, 11) is 1.35. The van der Waals surface area contributed by atoms with Gasteiger partial charge in [0.25, 0.3) is 0 Å². The Hall–Kier alpha value is -3.10. The van der Waals surface area contributed by atoms with Crippen LogP contribution in [0.4, 0.5) is 23.5 Å². The molecule has 0 aliphatic carbocycles. The lowest BCUT2D eigenvalue weighted by Crippen LogP contribution is -2.39. The molecule has 5 N–H and O–H groups in total. The molecule has 1 aromatic carbocycles. The molecule has 9 nitrogen and oxygen atoms in total. The third-order valence-electron chi connectivity index (χ3n) is 5.21. The number of hydrogen-bond acceptors (Lipinski definition) is 9. The zero-order chi connectivity index (χ0) is 24.6. The summed E-state index contributed by atoms with van der Waals surface area (Å²) < 4.78 is 5.00. The SMILES string of the molecule is COC(=O)C(C)(C)CN(c1cc(C(C)(C)C)c(O)c(C(C)(C)C)c1)c1nc(N)nc(N)n1. The molecular weight excluding hydrogens is 408 g/mol. The third-order valence-corrected chi connectivity index (χ3v) is 5.21. The molecule has 1 aromatic heterocycles. The molecule has 0 radical (unpaired) electrons. The summed E-state index contributed by atoms with van der Waals surface area (Å²) in [5, 5.41) is 11.1. The molecule has 176 valence electrons. The van der Waals surface area contributed by atoms with Crippen molar-refractivity contribution in [2.24, 2.45) is 5.41 Å². The Morgan fingerprint density at radius 1 is 0.938 bits per heavy atom. The number of ether oxygens (including phenoxy) is 1. The van der Waals surface area contributed by atoms with E-state index in [2.05, 4.69) is 15.0 Å². The van der Waals surface area contributed by atoms with E-state index in [1.165, 1.54) is 7.11 Å². The lowest BCUT2D eigenvalue weighted by Gasteiger charge is -2.34. The predicted molar refractivity (Wildman–Crippen MR) is 127 cm³/mol. The molecule has 0 aliphatic rings. The van der Waals surface area contributed by atoms with Crippen molar-refractivity contribution in [3.8, 4) is 5.75 Å². The molecule has 9 heteroatoms. The second-order valence-electron chi connectivity index (χ2n) is 10.7. The number of nitrogen functional groups attached to an aromatic ring is 2. The number of benzene rings is 1. The van der Waals surface area contributed by atoms with Gasteiger partial charge in [0.05, 0.1) is 12.5 Å². The molecule has 0 aliphatic heterocycles. The Morgan fingerprint density at radius 3 is 1.75 bits per heavy atom. The van der Waals surface area contributed by atoms with Gasteiger partial charge in [0.2, 0.25) is 17.8 Å². The van der Waals surface area contributed by atoms with Crippen LogP contribution >= 0.6 is 0 Å². The summed E-state index contributed by atoms with van der Waals surface area (Å²) in [5.41, 5.74) is 12.3. The summed E-state index contributed by atoms with van der Waals surface area (Å²) in [5.74, 6) is 0.00911. The monoisotopic (exact) mass is 444 g/mol. The summed E-state index contributed by atoms with van der Waals surface area (Å²) in [6.45, 7) is 15.9. The first-order chi connectivity index (χ1) is 14.5. The standard InChI is InChI=1S/C23H36N6O3/c1-21(2,3)14-10-13(11-15(16(14)30)22(4,5)6)29(12-23(7,8)17(31)32-9)20-27-18(24)26-19(25)28-20/h10-11,30H,12H2,1-9H3,(H4,24,25,26,27,28). The van der Waals surface area contributed by atoms with Crippen molar-refractivity contribution in [2.45, 2.75) is 66.2 Å². The van der Waals surface area contributed by atoms with Crippen LogP contribution in [0, 0.1) is 5.41 Å². The van der Waals surface area contributed by atoms with Crippen LogP contribution in [0.3, 0.4) is 0 Å². The first kappa shape index (κ1) is 25.2. The molecule has 0 unspecified atom stereocenters. The number of methoxy groups -OCH3 is 1. The second-order valence-corrected chi connectivity index (χ2v) is 10.7. The predicted octanol–water partition coefficient (Wildman–Crippen LogP) is 3.67. The highest BCUT2D eigenvalue weighted by atomic mass is 16.5. The Morgan fingerprint density at radius 2 is 1.38 bits per heavy atom. The van der Waals surface area contributed by atoms with Gasteiger partial charge in [-0.05, 0) is 36.8 Å². The van der Waals surface area contributed by atoms with Gasteiger partial charge in [-0.2, -0.15) is 15.0 Å². The number of aromatic hydroxyl groups is 1. The van der Waals surface area contributed by atoms with Gasteiger partial charge in [0.15, 0.2) is 0 Å². The number of esters is 1. The van der Waals surface area contributed by atoms with Gasteiger partial charge in [-0.15, -0.1) is 0 Å². The van der Waals surface area contributed by atoms with Gasteiger partial charge in [-0.1, -0.05) is 41.5 Å². The highest BCUT2D eigenvalue weighted by Crippen LogP contribution is 2.43. The molecule has 32 heavy (non-hydrogen) atoms. The van der Waals surface area contributed by atoms with Crippen LogP contribution in [0.1, 0.15) is 66.5 Å². The van der Waals surface area contributed by atoms with Crippen LogP contribution in [0.2, 0.25) is 0 Å². The number of anilines is 4. The van der Waals surface area contributed by atoms with E-state index in [0.29, 0.717) is 5.69 Å². The number of carbonyl (C=O) groups excluding carboxylic acids is 1.